The summed E-state index contributed by atoms with van der Waals surface area (Å²) in [6, 6.07) is 5.57. The van der Waals surface area contributed by atoms with Crippen molar-refractivity contribution in [3.8, 4) is 5.88 Å². The fourth-order valence-electron chi connectivity index (χ4n) is 3.25. The largest absolute Gasteiger partial charge is 0.475 e. The van der Waals surface area contributed by atoms with Crippen LogP contribution in [0.15, 0.2) is 24.4 Å². The maximum atomic E-state index is 11.6. The van der Waals surface area contributed by atoms with Crippen molar-refractivity contribution in [2.24, 2.45) is 5.41 Å². The molecule has 122 valence electrons. The molecule has 0 saturated carbocycles. The fourth-order valence-corrected chi connectivity index (χ4v) is 4.10. The lowest BCUT2D eigenvalue weighted by Gasteiger charge is -2.37. The molecule has 6 nitrogen and oxygen atoms in total. The third-order valence-corrected chi connectivity index (χ3v) is 5.90. The topological polar surface area (TPSA) is 68.7 Å². The normalized spacial score (nSPS) is 25.4. The van der Waals surface area contributed by atoms with Gasteiger partial charge in [0.25, 0.3) is 0 Å². The van der Waals surface area contributed by atoms with Crippen molar-refractivity contribution in [1.82, 2.24) is 9.29 Å². The molecule has 2 aliphatic heterocycles. The number of rotatable bonds is 4. The lowest BCUT2D eigenvalue weighted by molar-refractivity contribution is 0.0529. The van der Waals surface area contributed by atoms with Gasteiger partial charge in [0.2, 0.25) is 15.9 Å². The van der Waals surface area contributed by atoms with Crippen LogP contribution in [-0.2, 0) is 14.8 Å². The Balaban J connectivity index is 1.50. The van der Waals surface area contributed by atoms with Crippen molar-refractivity contribution >= 4 is 10.0 Å². The average Bonchev–Trinajstić information content (AvgIpc) is 2.89. The first-order valence-corrected chi connectivity index (χ1v) is 9.42. The molecule has 0 aromatic carbocycles. The molecule has 0 aliphatic carbocycles. The molecule has 1 aromatic heterocycles. The van der Waals surface area contributed by atoms with Crippen molar-refractivity contribution in [3.63, 3.8) is 0 Å². The minimum atomic E-state index is -3.07. The Morgan fingerprint density at radius 3 is 2.82 bits per heavy atom. The zero-order valence-corrected chi connectivity index (χ0v) is 13.6. The molecule has 0 radical (unpaired) electrons. The van der Waals surface area contributed by atoms with E-state index in [1.807, 2.05) is 18.2 Å². The summed E-state index contributed by atoms with van der Waals surface area (Å²) in [4.78, 5) is 4.13. The summed E-state index contributed by atoms with van der Waals surface area (Å²) in [5.41, 5.74) is 0.110. The molecule has 1 spiro atoms. The van der Waals surface area contributed by atoms with Crippen LogP contribution in [0, 0.1) is 5.41 Å². The number of piperidine rings is 1. The number of sulfonamides is 1. The molecule has 3 rings (SSSR count). The molecule has 3 heterocycles. The van der Waals surface area contributed by atoms with Crippen molar-refractivity contribution in [2.75, 3.05) is 32.6 Å². The second kappa shape index (κ2) is 6.14. The highest BCUT2D eigenvalue weighted by atomic mass is 32.2. The van der Waals surface area contributed by atoms with Crippen LogP contribution < -0.4 is 4.74 Å². The third-order valence-electron chi connectivity index (χ3n) is 4.59. The number of aromatic nitrogens is 1. The van der Waals surface area contributed by atoms with Gasteiger partial charge in [-0.2, -0.15) is 0 Å². The first-order chi connectivity index (χ1) is 10.5. The van der Waals surface area contributed by atoms with Crippen molar-refractivity contribution in [3.05, 3.63) is 24.4 Å². The number of nitrogens with zero attached hydrogens (tertiary/aromatic N) is 2. The SMILES string of the molecule is CS(=O)(=O)N1CCC2(CC1)CO[C@@H](COc1ccccn1)C2. The summed E-state index contributed by atoms with van der Waals surface area (Å²) in [7, 11) is -3.07. The standard InChI is InChI=1S/C15H22N2O4S/c1-22(18,19)17-8-5-15(6-9-17)10-13(21-12-15)11-20-14-4-2-3-7-16-14/h2-4,7,13H,5-6,8-12H2,1H3/t13-/m1/s1. The van der Waals surface area contributed by atoms with Crippen LogP contribution in [0.1, 0.15) is 19.3 Å². The van der Waals surface area contributed by atoms with Crippen molar-refractivity contribution in [1.29, 1.82) is 0 Å². The summed E-state index contributed by atoms with van der Waals surface area (Å²) in [5, 5.41) is 0. The summed E-state index contributed by atoms with van der Waals surface area (Å²) in [6.45, 7) is 2.38. The van der Waals surface area contributed by atoms with E-state index < -0.39 is 10.0 Å². The van der Waals surface area contributed by atoms with E-state index in [-0.39, 0.29) is 11.5 Å². The van der Waals surface area contributed by atoms with Crippen LogP contribution in [0.3, 0.4) is 0 Å². The maximum Gasteiger partial charge on any atom is 0.213 e. The molecule has 0 N–H and O–H groups in total. The Labute approximate surface area is 131 Å². The number of hydrogen-bond acceptors (Lipinski definition) is 5. The van der Waals surface area contributed by atoms with Gasteiger partial charge in [-0.3, -0.25) is 0 Å². The molecule has 2 fully saturated rings. The van der Waals surface area contributed by atoms with Gasteiger partial charge in [-0.05, 0) is 30.7 Å². The Bertz CT molecular complexity index is 597. The monoisotopic (exact) mass is 326 g/mol. The fraction of sp³-hybridized carbons (Fsp3) is 0.667. The second-order valence-electron chi connectivity index (χ2n) is 6.28. The van der Waals surface area contributed by atoms with Crippen molar-refractivity contribution < 1.29 is 17.9 Å². The Hall–Kier alpha value is -1.18. The van der Waals surface area contributed by atoms with E-state index in [1.54, 1.807) is 10.5 Å². The molecule has 1 atom stereocenters. The highest BCUT2D eigenvalue weighted by Gasteiger charge is 2.43. The summed E-state index contributed by atoms with van der Waals surface area (Å²) in [6.07, 6.45) is 5.69. The van der Waals surface area contributed by atoms with Crippen LogP contribution in [0.5, 0.6) is 5.88 Å². The van der Waals surface area contributed by atoms with Crippen LogP contribution in [0.2, 0.25) is 0 Å². The molecular formula is C15H22N2O4S. The molecule has 0 unspecified atom stereocenters. The molecule has 1 aromatic rings. The Kier molecular flexibility index (Phi) is 4.38. The van der Waals surface area contributed by atoms with Gasteiger partial charge >= 0.3 is 0 Å². The van der Waals surface area contributed by atoms with E-state index in [4.69, 9.17) is 9.47 Å². The maximum absolute atomic E-state index is 11.6. The second-order valence-corrected chi connectivity index (χ2v) is 8.26. The first-order valence-electron chi connectivity index (χ1n) is 7.57. The highest BCUT2D eigenvalue weighted by molar-refractivity contribution is 7.88. The molecule has 0 bridgehead atoms. The summed E-state index contributed by atoms with van der Waals surface area (Å²) in [5.74, 6) is 0.610. The van der Waals surface area contributed by atoms with E-state index in [9.17, 15) is 8.42 Å². The van der Waals surface area contributed by atoms with Gasteiger partial charge in [-0.25, -0.2) is 17.7 Å². The zero-order valence-electron chi connectivity index (χ0n) is 12.8. The van der Waals surface area contributed by atoms with E-state index in [0.29, 0.717) is 32.2 Å². The molecule has 2 aliphatic rings. The Morgan fingerprint density at radius 2 is 2.18 bits per heavy atom. The van der Waals surface area contributed by atoms with Crippen LogP contribution in [-0.4, -0.2) is 56.4 Å². The highest BCUT2D eigenvalue weighted by Crippen LogP contribution is 2.42. The van der Waals surface area contributed by atoms with Crippen LogP contribution in [0.25, 0.3) is 0 Å². The van der Waals surface area contributed by atoms with E-state index >= 15 is 0 Å². The van der Waals surface area contributed by atoms with E-state index in [1.165, 1.54) is 6.26 Å². The van der Waals surface area contributed by atoms with Crippen molar-refractivity contribution in [2.45, 2.75) is 25.4 Å². The number of pyridine rings is 1. The number of hydrogen-bond donors (Lipinski definition) is 0. The lowest BCUT2D eigenvalue weighted by Crippen LogP contribution is -2.43. The Morgan fingerprint density at radius 1 is 1.41 bits per heavy atom. The van der Waals surface area contributed by atoms with Crippen LogP contribution in [0.4, 0.5) is 0 Å². The third kappa shape index (κ3) is 3.59. The number of ether oxygens (including phenoxy) is 2. The molecule has 22 heavy (non-hydrogen) atoms. The van der Waals surface area contributed by atoms with Crippen LogP contribution >= 0.6 is 0 Å². The summed E-state index contributed by atoms with van der Waals surface area (Å²) < 4.78 is 36.3. The van der Waals surface area contributed by atoms with Gasteiger partial charge in [0.1, 0.15) is 6.61 Å². The van der Waals surface area contributed by atoms with Gasteiger partial charge in [-0.15, -0.1) is 0 Å². The minimum Gasteiger partial charge on any atom is -0.475 e. The predicted octanol–water partition coefficient (Wildman–Crippen LogP) is 1.29. The van der Waals surface area contributed by atoms with Gasteiger partial charge in [-0.1, -0.05) is 6.07 Å². The van der Waals surface area contributed by atoms with Gasteiger partial charge in [0.05, 0.1) is 19.0 Å². The lowest BCUT2D eigenvalue weighted by atomic mass is 9.77. The smallest absolute Gasteiger partial charge is 0.213 e. The van der Waals surface area contributed by atoms with Gasteiger partial charge in [0.15, 0.2) is 0 Å². The van der Waals surface area contributed by atoms with E-state index in [2.05, 4.69) is 4.98 Å². The van der Waals surface area contributed by atoms with Gasteiger partial charge in [0, 0.05) is 25.4 Å². The quantitative estimate of drug-likeness (QED) is 0.834. The minimum absolute atomic E-state index is 0.0618. The van der Waals surface area contributed by atoms with Gasteiger partial charge < -0.3 is 9.47 Å². The molecule has 0 amide bonds. The molecule has 7 heteroatoms. The molecular weight excluding hydrogens is 304 g/mol. The molecule has 2 saturated heterocycles. The first kappa shape index (κ1) is 15.7. The predicted molar refractivity (Wildman–Crippen MR) is 82.2 cm³/mol. The van der Waals surface area contributed by atoms with E-state index in [0.717, 1.165) is 19.3 Å². The zero-order chi connectivity index (χ0) is 15.6. The summed E-state index contributed by atoms with van der Waals surface area (Å²) >= 11 is 0. The average molecular weight is 326 g/mol.